The van der Waals surface area contributed by atoms with Gasteiger partial charge >= 0.3 is 219 Å². The third-order valence-corrected chi connectivity index (χ3v) is 8.17. The molecule has 0 saturated carbocycles. The van der Waals surface area contributed by atoms with Crippen LogP contribution in [0.1, 0.15) is 69.8 Å². The molecule has 1 aliphatic carbocycles. The molecular weight excluding hydrogens is 551 g/mol. The molecule has 0 aromatic heterocycles. The van der Waals surface area contributed by atoms with Gasteiger partial charge in [0.05, 0.1) is 0 Å². The molecule has 0 heterocycles. The van der Waals surface area contributed by atoms with Gasteiger partial charge in [0.2, 0.25) is 0 Å². The van der Waals surface area contributed by atoms with Crippen molar-refractivity contribution in [3.63, 3.8) is 0 Å². The van der Waals surface area contributed by atoms with Gasteiger partial charge < -0.3 is 37.2 Å². The number of benzene rings is 3. The summed E-state index contributed by atoms with van der Waals surface area (Å²) in [5.74, 6) is 0. The summed E-state index contributed by atoms with van der Waals surface area (Å²) < 4.78 is -0.196. The fourth-order valence-corrected chi connectivity index (χ4v) is 7.19. The summed E-state index contributed by atoms with van der Waals surface area (Å²) in [7, 11) is 0. The van der Waals surface area contributed by atoms with Gasteiger partial charge in [-0.15, -0.1) is 0 Å². The van der Waals surface area contributed by atoms with Gasteiger partial charge in [-0.05, 0) is 0 Å². The number of hydrogen-bond acceptors (Lipinski definition) is 0. The average molecular weight is 588 g/mol. The van der Waals surface area contributed by atoms with E-state index in [-0.39, 0.29) is 46.4 Å². The van der Waals surface area contributed by atoms with E-state index < -0.39 is 0 Å². The molecule has 37 heavy (non-hydrogen) atoms. The smallest absolute Gasteiger partial charge is 1.00 e. The van der Waals surface area contributed by atoms with E-state index in [2.05, 4.69) is 142 Å². The third-order valence-electron chi connectivity index (χ3n) is 7.10. The van der Waals surface area contributed by atoms with Crippen molar-refractivity contribution in [1.82, 2.24) is 0 Å². The van der Waals surface area contributed by atoms with Crippen molar-refractivity contribution < 1.29 is 57.7 Å². The maximum absolute atomic E-state index is 2.56. The Hall–Kier alpha value is -1.28. The third kappa shape index (κ3) is 6.48. The summed E-state index contributed by atoms with van der Waals surface area (Å²) in [5.41, 5.74) is 13.1. The van der Waals surface area contributed by atoms with E-state index >= 15 is 0 Å². The van der Waals surface area contributed by atoms with E-state index in [0.29, 0.717) is 0 Å². The Morgan fingerprint density at radius 3 is 1.22 bits per heavy atom. The zero-order valence-corrected chi connectivity index (χ0v) is 26.8. The van der Waals surface area contributed by atoms with Crippen LogP contribution in [0.25, 0.3) is 0 Å². The molecule has 4 heteroatoms. The van der Waals surface area contributed by atoms with E-state index in [1.807, 2.05) is 0 Å². The van der Waals surface area contributed by atoms with Crippen LogP contribution in [-0.2, 0) is 25.9 Å². The molecule has 3 aromatic carbocycles. The second-order valence-electron chi connectivity index (χ2n) is 10.6. The fraction of sp³-hybridized carbons (Fsp3) is 0.333. The first kappa shape index (κ1) is 33.8. The minimum atomic E-state index is -0.344. The number of aryl methyl sites for hydroxylation is 6. The SMILES string of the molecule is CCCC1=C[C]([Ti+3])(C(c2cc(C)cc(C)c2)(c2cc(C)cc(C)c2)c2cc(C)cc(C)c2)C=C1.[Cl-].[Cl-].[Cl-]. The van der Waals surface area contributed by atoms with E-state index in [1.54, 1.807) is 0 Å². The maximum atomic E-state index is 2.56. The Kier molecular flexibility index (Phi) is 12.0. The maximum Gasteiger partial charge on any atom is -1.00 e. The van der Waals surface area contributed by atoms with Crippen molar-refractivity contribution in [3.8, 4) is 0 Å². The van der Waals surface area contributed by atoms with Crippen LogP contribution in [0.5, 0.6) is 0 Å². The van der Waals surface area contributed by atoms with Gasteiger partial charge in [-0.3, -0.25) is 0 Å². The molecule has 0 aliphatic heterocycles. The summed E-state index contributed by atoms with van der Waals surface area (Å²) >= 11 is 2.44. The average Bonchev–Trinajstić information content (AvgIpc) is 3.08. The molecule has 3 aromatic rings. The monoisotopic (exact) mass is 586 g/mol. The van der Waals surface area contributed by atoms with Crippen molar-refractivity contribution in [2.75, 3.05) is 0 Å². The van der Waals surface area contributed by atoms with Crippen LogP contribution < -0.4 is 37.2 Å². The summed E-state index contributed by atoms with van der Waals surface area (Å²) in [6, 6.07) is 21.4. The van der Waals surface area contributed by atoms with Crippen LogP contribution in [0.15, 0.2) is 78.4 Å². The van der Waals surface area contributed by atoms with Gasteiger partial charge in [0.1, 0.15) is 0 Å². The van der Waals surface area contributed by atoms with Crippen molar-refractivity contribution >= 4 is 0 Å². The van der Waals surface area contributed by atoms with Gasteiger partial charge in [-0.1, -0.05) is 0 Å². The van der Waals surface area contributed by atoms with Gasteiger partial charge in [-0.2, -0.15) is 0 Å². The summed E-state index contributed by atoms with van der Waals surface area (Å²) in [4.78, 5) is 0. The van der Waals surface area contributed by atoms with Gasteiger partial charge in [0.15, 0.2) is 0 Å². The Morgan fingerprint density at radius 2 is 0.919 bits per heavy atom. The standard InChI is InChI=1S/C33H37.3ClH.Ti/c1-8-9-28-10-11-29(21-28)33(30-15-22(2)12-23(3)16-30,31-17-24(4)13-25(5)18-31)32-19-26(6)14-27(7)20-32;;;;/h10-21H,8-9H2,1-7H3;3*1H;/q;;;;+3/p-3. The van der Waals surface area contributed by atoms with Crippen molar-refractivity contribution in [2.24, 2.45) is 0 Å². The normalized spacial score (nSPS) is 16.4. The summed E-state index contributed by atoms with van der Waals surface area (Å²) in [6.07, 6.45) is 9.70. The Bertz CT molecular complexity index is 1120. The van der Waals surface area contributed by atoms with Crippen LogP contribution in [0, 0.1) is 41.5 Å². The largest absolute Gasteiger partial charge is 1.00 e. The van der Waals surface area contributed by atoms with Crippen LogP contribution in [0.4, 0.5) is 0 Å². The van der Waals surface area contributed by atoms with E-state index in [4.69, 9.17) is 0 Å². The molecule has 0 nitrogen and oxygen atoms in total. The molecule has 0 saturated heterocycles. The van der Waals surface area contributed by atoms with Crippen molar-refractivity contribution in [3.05, 3.63) is 128 Å². The summed E-state index contributed by atoms with van der Waals surface area (Å²) in [5, 5.41) is 0. The molecule has 0 spiro atoms. The quantitative estimate of drug-likeness (QED) is 0.279. The molecule has 0 N–H and O–H groups in total. The van der Waals surface area contributed by atoms with Gasteiger partial charge in [0, 0.05) is 0 Å². The van der Waals surface area contributed by atoms with Crippen LogP contribution in [0.2, 0.25) is 3.72 Å². The fourth-order valence-electron chi connectivity index (χ4n) is 6.09. The molecule has 0 radical (unpaired) electrons. The Balaban J connectivity index is 0.00000228. The summed E-state index contributed by atoms with van der Waals surface area (Å²) in [6.45, 7) is 15.7. The first-order chi connectivity index (χ1) is 16.1. The number of rotatable bonds is 6. The molecule has 0 amide bonds. The predicted octanol–water partition coefficient (Wildman–Crippen LogP) is -0.115. The first-order valence-electron chi connectivity index (χ1n) is 12.5. The molecule has 1 atom stereocenters. The minimum Gasteiger partial charge on any atom is -1.00 e. The molecule has 1 unspecified atom stereocenters. The number of hydrogen-bond donors (Lipinski definition) is 0. The van der Waals surface area contributed by atoms with E-state index in [0.717, 1.165) is 12.8 Å². The van der Waals surface area contributed by atoms with E-state index in [9.17, 15) is 0 Å². The molecule has 1 aliphatic rings. The zero-order chi connectivity index (χ0) is 24.7. The Labute approximate surface area is 255 Å². The van der Waals surface area contributed by atoms with Gasteiger partial charge in [-0.25, -0.2) is 0 Å². The molecular formula is C33H37Cl3Ti. The van der Waals surface area contributed by atoms with Crippen LogP contribution in [0.3, 0.4) is 0 Å². The molecule has 4 rings (SSSR count). The van der Waals surface area contributed by atoms with Crippen molar-refractivity contribution in [2.45, 2.75) is 70.4 Å². The topological polar surface area (TPSA) is 0 Å². The molecule has 0 bridgehead atoms. The van der Waals surface area contributed by atoms with Crippen LogP contribution >= 0.6 is 0 Å². The predicted molar refractivity (Wildman–Crippen MR) is 142 cm³/mol. The molecule has 0 fully saturated rings. The number of halogens is 3. The minimum absolute atomic E-state index is 0. The van der Waals surface area contributed by atoms with Crippen LogP contribution in [-0.4, -0.2) is 0 Å². The second kappa shape index (κ2) is 13.2. The van der Waals surface area contributed by atoms with Crippen molar-refractivity contribution in [1.29, 1.82) is 0 Å². The van der Waals surface area contributed by atoms with E-state index in [1.165, 1.54) is 55.6 Å². The second-order valence-corrected chi connectivity index (χ2v) is 11.8. The van der Waals surface area contributed by atoms with Gasteiger partial charge in [0.25, 0.3) is 0 Å². The number of allylic oxidation sites excluding steroid dienone is 4. The zero-order valence-electron chi connectivity index (χ0n) is 23.0. The molecule has 194 valence electrons. The Morgan fingerprint density at radius 1 is 0.595 bits per heavy atom. The first-order valence-corrected chi connectivity index (χ1v) is 13.3.